The number of esters is 1. The lowest BCUT2D eigenvalue weighted by atomic mass is 10.1. The molecule has 0 amide bonds. The molecule has 0 saturated carbocycles. The molecule has 2 heteroatoms. The van der Waals surface area contributed by atoms with E-state index in [9.17, 15) is 4.79 Å². The summed E-state index contributed by atoms with van der Waals surface area (Å²) in [6.07, 6.45) is 12.0. The Balaban J connectivity index is 2.19. The lowest BCUT2D eigenvalue weighted by molar-refractivity contribution is 0.0497. The van der Waals surface area contributed by atoms with Gasteiger partial charge in [-0.3, -0.25) is 0 Å². The van der Waals surface area contributed by atoms with Gasteiger partial charge in [-0.15, -0.1) is 0 Å². The van der Waals surface area contributed by atoms with Crippen LogP contribution < -0.4 is 0 Å². The van der Waals surface area contributed by atoms with E-state index >= 15 is 0 Å². The molecule has 0 unspecified atom stereocenters. The number of carbonyl (C=O) groups is 1. The minimum absolute atomic E-state index is 0.177. The Bertz CT molecular complexity index is 412. The standard InChI is InChI=1S/C20H32O2/c1-3-5-7-8-9-10-11-16-22-20(21)19-15-12-14-18(17-19)13-6-4-2/h12,14-15,17H,3-11,13,16H2,1-2H3. The zero-order valence-corrected chi connectivity index (χ0v) is 14.4. The highest BCUT2D eigenvalue weighted by Gasteiger charge is 2.07. The van der Waals surface area contributed by atoms with Crippen LogP contribution in [0.3, 0.4) is 0 Å². The maximum Gasteiger partial charge on any atom is 0.338 e. The van der Waals surface area contributed by atoms with Crippen molar-refractivity contribution in [2.45, 2.75) is 78.1 Å². The molecule has 0 bridgehead atoms. The van der Waals surface area contributed by atoms with E-state index in [0.717, 1.165) is 25.7 Å². The average Bonchev–Trinajstić information content (AvgIpc) is 2.55. The molecule has 0 saturated heterocycles. The van der Waals surface area contributed by atoms with E-state index < -0.39 is 0 Å². The molecule has 0 aliphatic carbocycles. The molecule has 1 aromatic rings. The third kappa shape index (κ3) is 8.21. The molecule has 2 nitrogen and oxygen atoms in total. The van der Waals surface area contributed by atoms with E-state index in [1.807, 2.05) is 18.2 Å². The van der Waals surface area contributed by atoms with Gasteiger partial charge >= 0.3 is 5.97 Å². The van der Waals surface area contributed by atoms with Crippen molar-refractivity contribution in [2.75, 3.05) is 6.61 Å². The lowest BCUT2D eigenvalue weighted by Crippen LogP contribution is -2.07. The van der Waals surface area contributed by atoms with Gasteiger partial charge < -0.3 is 4.74 Å². The zero-order chi connectivity index (χ0) is 16.0. The number of aryl methyl sites for hydroxylation is 1. The highest BCUT2D eigenvalue weighted by molar-refractivity contribution is 5.89. The SMILES string of the molecule is CCCCCCCCCOC(=O)c1cccc(CCCC)c1. The molecule has 1 rings (SSSR count). The van der Waals surface area contributed by atoms with E-state index in [1.54, 1.807) is 0 Å². The summed E-state index contributed by atoms with van der Waals surface area (Å²) in [4.78, 5) is 12.0. The Morgan fingerprint density at radius 2 is 1.59 bits per heavy atom. The molecular weight excluding hydrogens is 272 g/mol. The normalized spacial score (nSPS) is 10.6. The first kappa shape index (κ1) is 18.7. The Morgan fingerprint density at radius 3 is 2.32 bits per heavy atom. The van der Waals surface area contributed by atoms with Gasteiger partial charge in [-0.2, -0.15) is 0 Å². The predicted octanol–water partition coefficient (Wildman–Crippen LogP) is 5.94. The first-order valence-electron chi connectivity index (χ1n) is 9.04. The Morgan fingerprint density at radius 1 is 0.909 bits per heavy atom. The van der Waals surface area contributed by atoms with Crippen LogP contribution in [0.4, 0.5) is 0 Å². The van der Waals surface area contributed by atoms with Crippen LogP contribution in [-0.2, 0) is 11.2 Å². The smallest absolute Gasteiger partial charge is 0.338 e. The summed E-state index contributed by atoms with van der Waals surface area (Å²) >= 11 is 0. The van der Waals surface area contributed by atoms with Crippen LogP contribution in [0.1, 0.15) is 87.6 Å². The largest absolute Gasteiger partial charge is 0.462 e. The fourth-order valence-corrected chi connectivity index (χ4v) is 2.54. The van der Waals surface area contributed by atoms with Crippen molar-refractivity contribution in [2.24, 2.45) is 0 Å². The van der Waals surface area contributed by atoms with Crippen molar-refractivity contribution in [1.29, 1.82) is 0 Å². The van der Waals surface area contributed by atoms with E-state index in [1.165, 1.54) is 44.1 Å². The molecule has 0 heterocycles. The third-order valence-electron chi connectivity index (χ3n) is 3.96. The second-order valence-corrected chi connectivity index (χ2v) is 6.06. The number of benzene rings is 1. The van der Waals surface area contributed by atoms with Crippen molar-refractivity contribution in [1.82, 2.24) is 0 Å². The molecule has 124 valence electrons. The Labute approximate surface area is 136 Å². The lowest BCUT2D eigenvalue weighted by Gasteiger charge is -2.07. The van der Waals surface area contributed by atoms with Gasteiger partial charge in [0.15, 0.2) is 0 Å². The molecule has 0 spiro atoms. The zero-order valence-electron chi connectivity index (χ0n) is 14.4. The molecule has 0 fully saturated rings. The summed E-state index contributed by atoms with van der Waals surface area (Å²) in [5.74, 6) is -0.177. The highest BCUT2D eigenvalue weighted by atomic mass is 16.5. The minimum Gasteiger partial charge on any atom is -0.462 e. The molecule has 1 aromatic carbocycles. The molecule has 0 aliphatic rings. The minimum atomic E-state index is -0.177. The van der Waals surface area contributed by atoms with Crippen molar-refractivity contribution in [3.8, 4) is 0 Å². The fraction of sp³-hybridized carbons (Fsp3) is 0.650. The number of rotatable bonds is 12. The van der Waals surface area contributed by atoms with Gasteiger partial charge in [0.05, 0.1) is 12.2 Å². The number of hydrogen-bond acceptors (Lipinski definition) is 2. The van der Waals surface area contributed by atoms with Gasteiger partial charge in [-0.1, -0.05) is 70.9 Å². The van der Waals surface area contributed by atoms with Crippen LogP contribution in [0.25, 0.3) is 0 Å². The van der Waals surface area contributed by atoms with E-state index in [4.69, 9.17) is 4.74 Å². The molecule has 0 N–H and O–H groups in total. The summed E-state index contributed by atoms with van der Waals surface area (Å²) in [7, 11) is 0. The van der Waals surface area contributed by atoms with Gasteiger partial charge in [0.25, 0.3) is 0 Å². The van der Waals surface area contributed by atoms with Crippen LogP contribution >= 0.6 is 0 Å². The Hall–Kier alpha value is -1.31. The summed E-state index contributed by atoms with van der Waals surface area (Å²) < 4.78 is 5.38. The van der Waals surface area contributed by atoms with Gasteiger partial charge in [-0.25, -0.2) is 4.79 Å². The van der Waals surface area contributed by atoms with E-state index in [-0.39, 0.29) is 5.97 Å². The van der Waals surface area contributed by atoms with Gasteiger partial charge in [0.1, 0.15) is 0 Å². The molecule has 0 aromatic heterocycles. The average molecular weight is 304 g/mol. The summed E-state index contributed by atoms with van der Waals surface area (Å²) in [5, 5.41) is 0. The fourth-order valence-electron chi connectivity index (χ4n) is 2.54. The van der Waals surface area contributed by atoms with Crippen LogP contribution in [-0.4, -0.2) is 12.6 Å². The maximum absolute atomic E-state index is 12.0. The van der Waals surface area contributed by atoms with Crippen LogP contribution in [0.2, 0.25) is 0 Å². The second-order valence-electron chi connectivity index (χ2n) is 6.06. The van der Waals surface area contributed by atoms with Crippen LogP contribution in [0.15, 0.2) is 24.3 Å². The van der Waals surface area contributed by atoms with Gasteiger partial charge in [0.2, 0.25) is 0 Å². The topological polar surface area (TPSA) is 26.3 Å². The van der Waals surface area contributed by atoms with Crippen LogP contribution in [0, 0.1) is 0 Å². The number of unbranched alkanes of at least 4 members (excludes halogenated alkanes) is 7. The van der Waals surface area contributed by atoms with Gasteiger partial charge in [-0.05, 0) is 37.0 Å². The van der Waals surface area contributed by atoms with Crippen LogP contribution in [0.5, 0.6) is 0 Å². The van der Waals surface area contributed by atoms with Gasteiger partial charge in [0, 0.05) is 0 Å². The Kier molecular flexibility index (Phi) is 10.4. The molecular formula is C20H32O2. The third-order valence-corrected chi connectivity index (χ3v) is 3.96. The molecule has 22 heavy (non-hydrogen) atoms. The van der Waals surface area contributed by atoms with Crippen molar-refractivity contribution in [3.63, 3.8) is 0 Å². The summed E-state index contributed by atoms with van der Waals surface area (Å²) in [5.41, 5.74) is 1.92. The van der Waals surface area contributed by atoms with Crippen molar-refractivity contribution in [3.05, 3.63) is 35.4 Å². The second kappa shape index (κ2) is 12.3. The van der Waals surface area contributed by atoms with Crippen molar-refractivity contribution >= 4 is 5.97 Å². The highest BCUT2D eigenvalue weighted by Crippen LogP contribution is 2.11. The monoisotopic (exact) mass is 304 g/mol. The van der Waals surface area contributed by atoms with E-state index in [0.29, 0.717) is 12.2 Å². The number of carbonyl (C=O) groups excluding carboxylic acids is 1. The number of hydrogen-bond donors (Lipinski definition) is 0. The molecule has 0 atom stereocenters. The quantitative estimate of drug-likeness (QED) is 0.353. The summed E-state index contributed by atoms with van der Waals surface area (Å²) in [6, 6.07) is 7.86. The first-order valence-corrected chi connectivity index (χ1v) is 9.04. The van der Waals surface area contributed by atoms with Crippen molar-refractivity contribution < 1.29 is 9.53 Å². The maximum atomic E-state index is 12.0. The summed E-state index contributed by atoms with van der Waals surface area (Å²) in [6.45, 7) is 4.96. The molecule has 0 aliphatic heterocycles. The predicted molar refractivity (Wildman–Crippen MR) is 93.3 cm³/mol. The number of ether oxygens (including phenoxy) is 1. The first-order chi connectivity index (χ1) is 10.8. The van der Waals surface area contributed by atoms with E-state index in [2.05, 4.69) is 19.9 Å². The molecule has 0 radical (unpaired) electrons.